The molecule has 0 amide bonds. The minimum absolute atomic E-state index is 0.0612. The van der Waals surface area contributed by atoms with E-state index in [9.17, 15) is 0 Å². The highest BCUT2D eigenvalue weighted by atomic mass is 35.5. The van der Waals surface area contributed by atoms with E-state index in [0.717, 1.165) is 16.1 Å². The van der Waals surface area contributed by atoms with E-state index in [-0.39, 0.29) is 12.1 Å². The average molecular weight is 328 g/mol. The Morgan fingerprint density at radius 1 is 0.957 bits per heavy atom. The molecule has 0 unspecified atom stereocenters. The average Bonchev–Trinajstić information content (AvgIpc) is 3.06. The Balaban J connectivity index is 1.71. The summed E-state index contributed by atoms with van der Waals surface area (Å²) in [6.07, 6.45) is 0. The van der Waals surface area contributed by atoms with E-state index in [4.69, 9.17) is 16.0 Å². The van der Waals surface area contributed by atoms with E-state index < -0.39 is 0 Å². The molecule has 3 aromatic rings. The number of benzene rings is 2. The van der Waals surface area contributed by atoms with Crippen molar-refractivity contribution in [3.8, 4) is 11.5 Å². The summed E-state index contributed by atoms with van der Waals surface area (Å²) in [5, 5.41) is 12.5. The Kier molecular flexibility index (Phi) is 4.74. The van der Waals surface area contributed by atoms with Crippen molar-refractivity contribution in [2.45, 2.75) is 25.9 Å². The Bertz CT molecular complexity index is 773. The van der Waals surface area contributed by atoms with E-state index in [1.54, 1.807) is 0 Å². The van der Waals surface area contributed by atoms with Gasteiger partial charge < -0.3 is 4.42 Å². The molecule has 0 aliphatic rings. The molecule has 0 saturated heterocycles. The van der Waals surface area contributed by atoms with Crippen LogP contribution in [0.2, 0.25) is 5.02 Å². The first-order valence-electron chi connectivity index (χ1n) is 7.54. The molecule has 0 fully saturated rings. The van der Waals surface area contributed by atoms with Gasteiger partial charge in [-0.1, -0.05) is 41.9 Å². The molecule has 0 radical (unpaired) electrons. The lowest BCUT2D eigenvalue weighted by Crippen LogP contribution is -2.22. The number of halogens is 1. The van der Waals surface area contributed by atoms with E-state index in [1.165, 1.54) is 0 Å². The van der Waals surface area contributed by atoms with Crippen LogP contribution in [0.5, 0.6) is 0 Å². The highest BCUT2D eigenvalue weighted by Gasteiger charge is 2.17. The molecule has 4 nitrogen and oxygen atoms in total. The molecule has 2 atom stereocenters. The minimum atomic E-state index is -0.0612. The van der Waals surface area contributed by atoms with Gasteiger partial charge in [0, 0.05) is 16.6 Å². The van der Waals surface area contributed by atoms with Gasteiger partial charge in [-0.2, -0.15) is 0 Å². The second-order valence-corrected chi connectivity index (χ2v) is 5.91. The Morgan fingerprint density at radius 3 is 2.48 bits per heavy atom. The first kappa shape index (κ1) is 15.7. The highest BCUT2D eigenvalue weighted by molar-refractivity contribution is 6.30. The monoisotopic (exact) mass is 327 g/mol. The topological polar surface area (TPSA) is 51.0 Å². The smallest absolute Gasteiger partial charge is 0.247 e. The summed E-state index contributed by atoms with van der Waals surface area (Å²) in [7, 11) is 0. The lowest BCUT2D eigenvalue weighted by Gasteiger charge is -2.18. The van der Waals surface area contributed by atoms with Gasteiger partial charge in [-0.15, -0.1) is 10.2 Å². The molecule has 1 aromatic heterocycles. The third-order valence-electron chi connectivity index (χ3n) is 3.68. The Labute approximate surface area is 140 Å². The van der Waals surface area contributed by atoms with Crippen LogP contribution in [0.25, 0.3) is 11.5 Å². The quantitative estimate of drug-likeness (QED) is 0.731. The summed E-state index contributed by atoms with van der Waals surface area (Å²) in [5.74, 6) is 1.10. The molecule has 5 heteroatoms. The molecular formula is C18H18ClN3O. The van der Waals surface area contributed by atoms with Crippen LogP contribution in [-0.2, 0) is 0 Å². The fraction of sp³-hybridized carbons (Fsp3) is 0.222. The van der Waals surface area contributed by atoms with Gasteiger partial charge in [0.1, 0.15) is 0 Å². The predicted molar refractivity (Wildman–Crippen MR) is 91.2 cm³/mol. The van der Waals surface area contributed by atoms with Gasteiger partial charge in [0.15, 0.2) is 0 Å². The molecule has 0 spiro atoms. The lowest BCUT2D eigenvalue weighted by molar-refractivity contribution is 0.395. The van der Waals surface area contributed by atoms with Crippen molar-refractivity contribution < 1.29 is 4.42 Å². The van der Waals surface area contributed by atoms with Gasteiger partial charge in [-0.3, -0.25) is 5.32 Å². The number of hydrogen-bond acceptors (Lipinski definition) is 4. The van der Waals surface area contributed by atoms with Crippen molar-refractivity contribution in [2.24, 2.45) is 0 Å². The molecule has 2 aromatic carbocycles. The van der Waals surface area contributed by atoms with E-state index in [2.05, 4.69) is 22.4 Å². The maximum absolute atomic E-state index is 6.04. The standard InChI is InChI=1S/C18H18ClN3O/c1-12(15-9-6-10-16(19)11-15)20-13(2)17-21-22-18(23-17)14-7-4-3-5-8-14/h3-13,20H,1-2H3/t12-,13-/m0/s1. The molecule has 0 bridgehead atoms. The van der Waals surface area contributed by atoms with Crippen LogP contribution in [0.1, 0.15) is 37.4 Å². The third-order valence-corrected chi connectivity index (χ3v) is 3.92. The van der Waals surface area contributed by atoms with Crippen molar-refractivity contribution in [3.63, 3.8) is 0 Å². The van der Waals surface area contributed by atoms with Gasteiger partial charge in [0.2, 0.25) is 11.8 Å². The minimum Gasteiger partial charge on any atom is -0.419 e. The number of nitrogens with zero attached hydrogens (tertiary/aromatic N) is 2. The van der Waals surface area contributed by atoms with Crippen molar-refractivity contribution in [3.05, 3.63) is 71.1 Å². The second-order valence-electron chi connectivity index (χ2n) is 5.48. The van der Waals surface area contributed by atoms with Gasteiger partial charge in [0.25, 0.3) is 0 Å². The zero-order valence-corrected chi connectivity index (χ0v) is 13.8. The van der Waals surface area contributed by atoms with Gasteiger partial charge >= 0.3 is 0 Å². The van der Waals surface area contributed by atoms with Crippen LogP contribution < -0.4 is 5.32 Å². The number of aromatic nitrogens is 2. The van der Waals surface area contributed by atoms with Crippen LogP contribution in [0.15, 0.2) is 59.0 Å². The fourth-order valence-corrected chi connectivity index (χ4v) is 2.62. The third kappa shape index (κ3) is 3.78. The largest absolute Gasteiger partial charge is 0.419 e. The zero-order valence-electron chi connectivity index (χ0n) is 13.0. The molecular weight excluding hydrogens is 310 g/mol. The first-order chi connectivity index (χ1) is 11.1. The molecule has 1 N–H and O–H groups in total. The summed E-state index contributed by atoms with van der Waals surface area (Å²) in [6.45, 7) is 4.08. The SMILES string of the molecule is C[C@H](N[C@@H](C)c1nnc(-c2ccccc2)o1)c1cccc(Cl)c1. The molecule has 0 saturated carbocycles. The summed E-state index contributed by atoms with van der Waals surface area (Å²) in [6, 6.07) is 17.6. The molecule has 118 valence electrons. The van der Waals surface area contributed by atoms with Gasteiger partial charge in [0.05, 0.1) is 6.04 Å². The first-order valence-corrected chi connectivity index (χ1v) is 7.91. The lowest BCUT2D eigenvalue weighted by atomic mass is 10.1. The summed E-state index contributed by atoms with van der Waals surface area (Å²) >= 11 is 6.04. The molecule has 0 aliphatic carbocycles. The van der Waals surface area contributed by atoms with Crippen molar-refractivity contribution in [1.29, 1.82) is 0 Å². The molecule has 1 heterocycles. The number of rotatable bonds is 5. The maximum Gasteiger partial charge on any atom is 0.247 e. The van der Waals surface area contributed by atoms with Crippen LogP contribution >= 0.6 is 11.6 Å². The van der Waals surface area contributed by atoms with Crippen molar-refractivity contribution in [2.75, 3.05) is 0 Å². The Morgan fingerprint density at radius 2 is 1.74 bits per heavy atom. The normalized spacial score (nSPS) is 13.7. The van der Waals surface area contributed by atoms with Crippen LogP contribution in [-0.4, -0.2) is 10.2 Å². The van der Waals surface area contributed by atoms with Crippen LogP contribution in [0, 0.1) is 0 Å². The number of hydrogen-bond donors (Lipinski definition) is 1. The predicted octanol–water partition coefficient (Wildman–Crippen LogP) is 4.80. The fourth-order valence-electron chi connectivity index (χ4n) is 2.43. The molecule has 0 aliphatic heterocycles. The molecule has 23 heavy (non-hydrogen) atoms. The molecule has 3 rings (SSSR count). The second kappa shape index (κ2) is 6.94. The van der Waals surface area contributed by atoms with Crippen LogP contribution in [0.3, 0.4) is 0 Å². The number of nitrogens with one attached hydrogen (secondary N) is 1. The van der Waals surface area contributed by atoms with Gasteiger partial charge in [-0.25, -0.2) is 0 Å². The van der Waals surface area contributed by atoms with Crippen molar-refractivity contribution >= 4 is 11.6 Å². The van der Waals surface area contributed by atoms with E-state index in [1.807, 2.05) is 61.5 Å². The van der Waals surface area contributed by atoms with Crippen molar-refractivity contribution in [1.82, 2.24) is 15.5 Å². The van der Waals surface area contributed by atoms with Crippen LogP contribution in [0.4, 0.5) is 0 Å². The maximum atomic E-state index is 6.04. The van der Waals surface area contributed by atoms with E-state index >= 15 is 0 Å². The highest BCUT2D eigenvalue weighted by Crippen LogP contribution is 2.23. The van der Waals surface area contributed by atoms with Gasteiger partial charge in [-0.05, 0) is 43.7 Å². The summed E-state index contributed by atoms with van der Waals surface area (Å²) in [5.41, 5.74) is 2.04. The summed E-state index contributed by atoms with van der Waals surface area (Å²) < 4.78 is 5.78. The van der Waals surface area contributed by atoms with E-state index in [0.29, 0.717) is 11.8 Å². The summed E-state index contributed by atoms with van der Waals surface area (Å²) in [4.78, 5) is 0. The Hall–Kier alpha value is -2.17. The zero-order chi connectivity index (χ0) is 16.2.